The Hall–Kier alpha value is -1.77. The van der Waals surface area contributed by atoms with Gasteiger partial charge in [-0.05, 0) is 49.1 Å². The number of benzene rings is 1. The van der Waals surface area contributed by atoms with Crippen LogP contribution < -0.4 is 4.74 Å². The number of hydrogen-bond donors (Lipinski definition) is 1. The number of ether oxygens (including phenoxy) is 1. The molecule has 1 saturated heterocycles. The number of para-hydroxylation sites is 1. The summed E-state index contributed by atoms with van der Waals surface area (Å²) in [5.74, 6) is 0.0483. The highest BCUT2D eigenvalue weighted by molar-refractivity contribution is 8.26. The number of carbonyl (C=O) groups is 2. The maximum absolute atomic E-state index is 12.9. The predicted octanol–water partition coefficient (Wildman–Crippen LogP) is 3.80. The van der Waals surface area contributed by atoms with Crippen LogP contribution in [-0.2, 0) is 9.59 Å². The van der Waals surface area contributed by atoms with Gasteiger partial charge < -0.3 is 9.84 Å². The molecule has 142 valence electrons. The van der Waals surface area contributed by atoms with E-state index in [1.165, 1.54) is 4.90 Å². The summed E-state index contributed by atoms with van der Waals surface area (Å²) < 4.78 is 6.19. The third-order valence-corrected chi connectivity index (χ3v) is 6.30. The lowest BCUT2D eigenvalue weighted by Gasteiger charge is -2.23. The number of aliphatic carboxylic acids is 1. The van der Waals surface area contributed by atoms with E-state index in [1.807, 2.05) is 43.5 Å². The number of thioether (sulfide) groups is 2. The number of nitrogens with zero attached hydrogens (tertiary/aromatic N) is 1. The average Bonchev–Trinajstić information content (AvgIpc) is 2.90. The number of carboxylic acid groups (broad SMARTS) is 1. The van der Waals surface area contributed by atoms with Gasteiger partial charge in [0.15, 0.2) is 0 Å². The summed E-state index contributed by atoms with van der Waals surface area (Å²) in [6.07, 6.45) is 5.78. The second-order valence-electron chi connectivity index (χ2n) is 6.13. The standard InChI is InChI=1S/C19H19NO4S3/c1-11-13(9-12-5-3-4-6-15(12)24-11)10-16-17(21)20(19(25)27-16)14(18(22)23)7-8-26-2/h3-6,9-11,14H,7-8H2,1-2H3,(H,22,23). The van der Waals surface area contributed by atoms with Gasteiger partial charge in [0.1, 0.15) is 22.2 Å². The molecule has 0 aromatic heterocycles. The molecule has 1 fully saturated rings. The Kier molecular flexibility index (Phi) is 6.29. The molecule has 0 radical (unpaired) electrons. The second kappa shape index (κ2) is 8.50. The lowest BCUT2D eigenvalue weighted by atomic mass is 10.0. The molecule has 1 aromatic carbocycles. The quantitative estimate of drug-likeness (QED) is 0.553. The van der Waals surface area contributed by atoms with E-state index >= 15 is 0 Å². The third kappa shape index (κ3) is 4.23. The summed E-state index contributed by atoms with van der Waals surface area (Å²) >= 11 is 7.99. The third-order valence-electron chi connectivity index (χ3n) is 4.33. The Morgan fingerprint density at radius 1 is 1.48 bits per heavy atom. The first-order chi connectivity index (χ1) is 12.9. The van der Waals surface area contributed by atoms with Crippen molar-refractivity contribution in [2.45, 2.75) is 25.5 Å². The smallest absolute Gasteiger partial charge is 0.326 e. The van der Waals surface area contributed by atoms with E-state index in [0.29, 0.717) is 17.1 Å². The largest absolute Gasteiger partial charge is 0.485 e. The van der Waals surface area contributed by atoms with Crippen LogP contribution >= 0.6 is 35.7 Å². The summed E-state index contributed by atoms with van der Waals surface area (Å²) in [4.78, 5) is 26.2. The first-order valence-corrected chi connectivity index (χ1v) is 11.0. The number of amides is 1. The number of fused-ring (bicyclic) bond motifs is 1. The van der Waals surface area contributed by atoms with Gasteiger partial charge in [0.25, 0.3) is 5.91 Å². The topological polar surface area (TPSA) is 66.8 Å². The van der Waals surface area contributed by atoms with Crippen LogP contribution in [0.3, 0.4) is 0 Å². The fraction of sp³-hybridized carbons (Fsp3) is 0.316. The molecule has 2 heterocycles. The molecule has 2 atom stereocenters. The van der Waals surface area contributed by atoms with Crippen molar-refractivity contribution < 1.29 is 19.4 Å². The molecule has 1 aromatic rings. The molecular weight excluding hydrogens is 402 g/mol. The van der Waals surface area contributed by atoms with Crippen LogP contribution in [0.4, 0.5) is 0 Å². The van der Waals surface area contributed by atoms with Crippen molar-refractivity contribution in [2.75, 3.05) is 12.0 Å². The van der Waals surface area contributed by atoms with Crippen molar-refractivity contribution >= 4 is 58.0 Å². The number of carboxylic acids is 1. The zero-order valence-electron chi connectivity index (χ0n) is 14.9. The van der Waals surface area contributed by atoms with Crippen LogP contribution in [0.5, 0.6) is 5.75 Å². The number of carbonyl (C=O) groups excluding carboxylic acids is 1. The van der Waals surface area contributed by atoms with E-state index in [1.54, 1.807) is 17.8 Å². The van der Waals surface area contributed by atoms with Crippen molar-refractivity contribution in [1.29, 1.82) is 0 Å². The van der Waals surface area contributed by atoms with Gasteiger partial charge in [0, 0.05) is 5.56 Å². The van der Waals surface area contributed by atoms with Crippen molar-refractivity contribution in [2.24, 2.45) is 0 Å². The van der Waals surface area contributed by atoms with E-state index in [2.05, 4.69) is 0 Å². The van der Waals surface area contributed by atoms with Gasteiger partial charge in [-0.1, -0.05) is 42.2 Å². The average molecular weight is 422 g/mol. The highest BCUT2D eigenvalue weighted by Crippen LogP contribution is 2.37. The molecule has 2 unspecified atom stereocenters. The number of rotatable bonds is 6. The highest BCUT2D eigenvalue weighted by Gasteiger charge is 2.40. The van der Waals surface area contributed by atoms with Crippen LogP contribution in [0.2, 0.25) is 0 Å². The molecule has 5 nitrogen and oxygen atoms in total. The minimum absolute atomic E-state index is 0.213. The minimum atomic E-state index is -1.04. The Balaban J connectivity index is 1.88. The summed E-state index contributed by atoms with van der Waals surface area (Å²) in [7, 11) is 0. The molecule has 1 amide bonds. The van der Waals surface area contributed by atoms with Gasteiger partial charge >= 0.3 is 5.97 Å². The van der Waals surface area contributed by atoms with Gasteiger partial charge in [-0.25, -0.2) is 4.79 Å². The van der Waals surface area contributed by atoms with Crippen LogP contribution in [0, 0.1) is 0 Å². The normalized spacial score (nSPS) is 21.7. The molecule has 2 aliphatic rings. The predicted molar refractivity (Wildman–Crippen MR) is 114 cm³/mol. The van der Waals surface area contributed by atoms with Crippen LogP contribution in [0.15, 0.2) is 40.8 Å². The molecule has 3 rings (SSSR count). The molecule has 0 aliphatic carbocycles. The zero-order chi connectivity index (χ0) is 19.6. The monoisotopic (exact) mass is 421 g/mol. The van der Waals surface area contributed by atoms with E-state index in [9.17, 15) is 14.7 Å². The Morgan fingerprint density at radius 3 is 2.93 bits per heavy atom. The molecule has 0 bridgehead atoms. The van der Waals surface area contributed by atoms with Crippen LogP contribution in [-0.4, -0.2) is 50.4 Å². The van der Waals surface area contributed by atoms with Crippen LogP contribution in [0.1, 0.15) is 18.9 Å². The SMILES string of the molecule is CSCCC(C(=O)O)N1C(=O)C(=CC2=Cc3ccccc3OC2C)SC1=S. The lowest BCUT2D eigenvalue weighted by Crippen LogP contribution is -2.44. The summed E-state index contributed by atoms with van der Waals surface area (Å²) in [6, 6.07) is 6.75. The number of hydrogen-bond acceptors (Lipinski definition) is 6. The van der Waals surface area contributed by atoms with Crippen molar-refractivity contribution in [1.82, 2.24) is 4.90 Å². The Labute approximate surface area is 171 Å². The van der Waals surface area contributed by atoms with E-state index in [0.717, 1.165) is 28.6 Å². The second-order valence-corrected chi connectivity index (χ2v) is 8.79. The highest BCUT2D eigenvalue weighted by atomic mass is 32.2. The Bertz CT molecular complexity index is 849. The van der Waals surface area contributed by atoms with Gasteiger partial charge in [-0.3, -0.25) is 9.69 Å². The fourth-order valence-corrected chi connectivity index (χ4v) is 4.73. The van der Waals surface area contributed by atoms with Gasteiger partial charge in [0.2, 0.25) is 0 Å². The van der Waals surface area contributed by atoms with Crippen LogP contribution in [0.25, 0.3) is 6.08 Å². The molecule has 27 heavy (non-hydrogen) atoms. The van der Waals surface area contributed by atoms with Crippen molar-refractivity contribution in [3.8, 4) is 5.75 Å². The maximum atomic E-state index is 12.9. The molecule has 1 N–H and O–H groups in total. The molecule has 8 heteroatoms. The van der Waals surface area contributed by atoms with E-state index in [4.69, 9.17) is 17.0 Å². The van der Waals surface area contributed by atoms with Crippen molar-refractivity contribution in [3.05, 3.63) is 46.4 Å². The summed E-state index contributed by atoms with van der Waals surface area (Å²) in [5.41, 5.74) is 1.80. The van der Waals surface area contributed by atoms with Gasteiger partial charge in [-0.15, -0.1) is 0 Å². The van der Waals surface area contributed by atoms with E-state index in [-0.39, 0.29) is 16.3 Å². The zero-order valence-corrected chi connectivity index (χ0v) is 17.3. The Morgan fingerprint density at radius 2 is 2.22 bits per heavy atom. The first-order valence-electron chi connectivity index (χ1n) is 8.38. The maximum Gasteiger partial charge on any atom is 0.326 e. The molecule has 2 aliphatic heterocycles. The summed E-state index contributed by atoms with van der Waals surface area (Å²) in [6.45, 7) is 1.91. The fourth-order valence-electron chi connectivity index (χ4n) is 2.91. The van der Waals surface area contributed by atoms with Gasteiger partial charge in [-0.2, -0.15) is 11.8 Å². The first kappa shape index (κ1) is 20.0. The summed E-state index contributed by atoms with van der Waals surface area (Å²) in [5, 5.41) is 9.53. The molecule has 0 saturated carbocycles. The molecule has 0 spiro atoms. The van der Waals surface area contributed by atoms with E-state index < -0.39 is 12.0 Å². The van der Waals surface area contributed by atoms with Gasteiger partial charge in [0.05, 0.1) is 4.91 Å². The van der Waals surface area contributed by atoms with Crippen molar-refractivity contribution in [3.63, 3.8) is 0 Å². The molecular formula is C19H19NO4S3. The minimum Gasteiger partial charge on any atom is -0.485 e. The number of thiocarbonyl (C=S) groups is 1. The lowest BCUT2D eigenvalue weighted by molar-refractivity contribution is -0.145.